The van der Waals surface area contributed by atoms with Crippen LogP contribution in [-0.2, 0) is 0 Å². The van der Waals surface area contributed by atoms with Crippen LogP contribution in [0.3, 0.4) is 0 Å². The van der Waals surface area contributed by atoms with E-state index in [0.29, 0.717) is 0 Å². The highest BCUT2D eigenvalue weighted by atomic mass is 15.2. The van der Waals surface area contributed by atoms with E-state index in [-0.39, 0.29) is 0 Å². The van der Waals surface area contributed by atoms with E-state index in [1.807, 2.05) is 0 Å². The van der Waals surface area contributed by atoms with Crippen LogP contribution in [0.5, 0.6) is 0 Å². The van der Waals surface area contributed by atoms with Gasteiger partial charge in [0.25, 0.3) is 0 Å². The molecule has 1 aliphatic carbocycles. The molecule has 1 aliphatic heterocycles. The summed E-state index contributed by atoms with van der Waals surface area (Å²) in [7, 11) is 0. The SMILES string of the molecule is CCC1CCCCCN1CCNC1CC1. The number of likely N-dealkylation sites (tertiary alicyclic amines) is 1. The molecular formula is C13H26N2. The quantitative estimate of drug-likeness (QED) is 0.749. The van der Waals surface area contributed by atoms with E-state index in [4.69, 9.17) is 0 Å². The second-order valence-corrected chi connectivity index (χ2v) is 5.18. The lowest BCUT2D eigenvalue weighted by atomic mass is 10.1. The zero-order chi connectivity index (χ0) is 10.5. The van der Waals surface area contributed by atoms with Crippen LogP contribution in [-0.4, -0.2) is 36.6 Å². The Balaban J connectivity index is 1.69. The van der Waals surface area contributed by atoms with Gasteiger partial charge in [0.15, 0.2) is 0 Å². The lowest BCUT2D eigenvalue weighted by molar-refractivity contribution is 0.195. The van der Waals surface area contributed by atoms with Crippen molar-refractivity contribution in [1.82, 2.24) is 10.2 Å². The van der Waals surface area contributed by atoms with Crippen molar-refractivity contribution in [3.05, 3.63) is 0 Å². The molecule has 1 heterocycles. The minimum absolute atomic E-state index is 0.869. The normalized spacial score (nSPS) is 29.0. The molecular weight excluding hydrogens is 184 g/mol. The van der Waals surface area contributed by atoms with Crippen molar-refractivity contribution in [3.8, 4) is 0 Å². The molecule has 2 fully saturated rings. The van der Waals surface area contributed by atoms with Crippen LogP contribution in [0.2, 0.25) is 0 Å². The van der Waals surface area contributed by atoms with Crippen LogP contribution >= 0.6 is 0 Å². The summed E-state index contributed by atoms with van der Waals surface area (Å²) in [5, 5.41) is 3.63. The Morgan fingerprint density at radius 2 is 2.00 bits per heavy atom. The lowest BCUT2D eigenvalue weighted by Gasteiger charge is -2.29. The zero-order valence-corrected chi connectivity index (χ0v) is 10.2. The summed E-state index contributed by atoms with van der Waals surface area (Å²) in [5.74, 6) is 0. The van der Waals surface area contributed by atoms with Gasteiger partial charge < -0.3 is 5.32 Å². The molecule has 2 heteroatoms. The van der Waals surface area contributed by atoms with Crippen LogP contribution in [0.15, 0.2) is 0 Å². The molecule has 0 aromatic heterocycles. The fourth-order valence-electron chi connectivity index (χ4n) is 2.69. The maximum absolute atomic E-state index is 3.63. The number of rotatable bonds is 5. The first-order valence-electron chi connectivity index (χ1n) is 6.87. The molecule has 1 N–H and O–H groups in total. The molecule has 1 atom stereocenters. The van der Waals surface area contributed by atoms with Crippen molar-refractivity contribution in [2.24, 2.45) is 0 Å². The van der Waals surface area contributed by atoms with Crippen molar-refractivity contribution >= 4 is 0 Å². The van der Waals surface area contributed by atoms with E-state index in [1.165, 1.54) is 64.6 Å². The average Bonchev–Trinajstić information content (AvgIpc) is 3.05. The molecule has 15 heavy (non-hydrogen) atoms. The van der Waals surface area contributed by atoms with E-state index < -0.39 is 0 Å². The molecule has 0 amide bonds. The average molecular weight is 210 g/mol. The number of nitrogens with one attached hydrogen (secondary N) is 1. The van der Waals surface area contributed by atoms with Crippen molar-refractivity contribution in [1.29, 1.82) is 0 Å². The van der Waals surface area contributed by atoms with E-state index in [2.05, 4.69) is 17.1 Å². The maximum Gasteiger partial charge on any atom is 0.0110 e. The van der Waals surface area contributed by atoms with E-state index in [1.54, 1.807) is 0 Å². The third-order valence-electron chi connectivity index (χ3n) is 3.88. The third kappa shape index (κ3) is 3.76. The zero-order valence-electron chi connectivity index (χ0n) is 10.2. The van der Waals surface area contributed by atoms with Gasteiger partial charge in [0.05, 0.1) is 0 Å². The number of nitrogens with zero attached hydrogens (tertiary/aromatic N) is 1. The Morgan fingerprint density at radius 1 is 1.13 bits per heavy atom. The van der Waals surface area contributed by atoms with Gasteiger partial charge in [0.2, 0.25) is 0 Å². The first kappa shape index (κ1) is 11.4. The highest BCUT2D eigenvalue weighted by molar-refractivity contribution is 4.82. The second-order valence-electron chi connectivity index (χ2n) is 5.18. The van der Waals surface area contributed by atoms with Crippen LogP contribution in [0.25, 0.3) is 0 Å². The van der Waals surface area contributed by atoms with Crippen molar-refractivity contribution in [2.75, 3.05) is 19.6 Å². The fraction of sp³-hybridized carbons (Fsp3) is 1.00. The molecule has 0 bridgehead atoms. The van der Waals surface area contributed by atoms with Gasteiger partial charge >= 0.3 is 0 Å². The summed E-state index contributed by atoms with van der Waals surface area (Å²) >= 11 is 0. The van der Waals surface area contributed by atoms with Gasteiger partial charge in [-0.1, -0.05) is 19.8 Å². The molecule has 1 saturated carbocycles. The van der Waals surface area contributed by atoms with Gasteiger partial charge in [-0.2, -0.15) is 0 Å². The molecule has 2 rings (SSSR count). The summed E-state index contributed by atoms with van der Waals surface area (Å²) in [6, 6.07) is 1.74. The number of hydrogen-bond acceptors (Lipinski definition) is 2. The molecule has 0 aromatic carbocycles. The summed E-state index contributed by atoms with van der Waals surface area (Å²) in [5.41, 5.74) is 0. The van der Waals surface area contributed by atoms with Gasteiger partial charge in [-0.15, -0.1) is 0 Å². The van der Waals surface area contributed by atoms with E-state index in [9.17, 15) is 0 Å². The third-order valence-corrected chi connectivity index (χ3v) is 3.88. The highest BCUT2D eigenvalue weighted by Crippen LogP contribution is 2.20. The monoisotopic (exact) mass is 210 g/mol. The molecule has 1 saturated heterocycles. The molecule has 0 aromatic rings. The summed E-state index contributed by atoms with van der Waals surface area (Å²) in [4.78, 5) is 2.72. The predicted octanol–water partition coefficient (Wildman–Crippen LogP) is 2.39. The first-order valence-corrected chi connectivity index (χ1v) is 6.87. The summed E-state index contributed by atoms with van der Waals surface area (Å²) < 4.78 is 0. The Hall–Kier alpha value is -0.0800. The summed E-state index contributed by atoms with van der Waals surface area (Å²) in [6.07, 6.45) is 9.91. The minimum Gasteiger partial charge on any atom is -0.313 e. The topological polar surface area (TPSA) is 15.3 Å². The van der Waals surface area contributed by atoms with Crippen molar-refractivity contribution in [3.63, 3.8) is 0 Å². The van der Waals surface area contributed by atoms with E-state index in [0.717, 1.165) is 12.1 Å². The molecule has 88 valence electrons. The largest absolute Gasteiger partial charge is 0.313 e. The standard InChI is InChI=1S/C13H26N2/c1-2-13-6-4-3-5-10-15(13)11-9-14-12-7-8-12/h12-14H,2-11H2,1H3. The molecule has 0 spiro atoms. The van der Waals surface area contributed by atoms with Gasteiger partial charge in [-0.05, 0) is 38.6 Å². The van der Waals surface area contributed by atoms with Gasteiger partial charge in [0, 0.05) is 25.2 Å². The number of hydrogen-bond donors (Lipinski definition) is 1. The second kappa shape index (κ2) is 5.86. The van der Waals surface area contributed by atoms with Gasteiger partial charge in [0.1, 0.15) is 0 Å². The van der Waals surface area contributed by atoms with Crippen molar-refractivity contribution in [2.45, 2.75) is 64.0 Å². The fourth-order valence-corrected chi connectivity index (χ4v) is 2.69. The van der Waals surface area contributed by atoms with E-state index >= 15 is 0 Å². The van der Waals surface area contributed by atoms with Gasteiger partial charge in [-0.3, -0.25) is 4.90 Å². The van der Waals surface area contributed by atoms with Crippen LogP contribution in [0.1, 0.15) is 51.9 Å². The molecule has 1 unspecified atom stereocenters. The lowest BCUT2D eigenvalue weighted by Crippen LogP contribution is -2.39. The van der Waals surface area contributed by atoms with Crippen LogP contribution < -0.4 is 5.32 Å². The maximum atomic E-state index is 3.63. The van der Waals surface area contributed by atoms with Crippen molar-refractivity contribution < 1.29 is 0 Å². The Labute approximate surface area is 94.4 Å². The smallest absolute Gasteiger partial charge is 0.0110 e. The molecule has 0 radical (unpaired) electrons. The molecule has 2 nitrogen and oxygen atoms in total. The van der Waals surface area contributed by atoms with Gasteiger partial charge in [-0.25, -0.2) is 0 Å². The first-order chi connectivity index (χ1) is 7.40. The Kier molecular flexibility index (Phi) is 4.45. The van der Waals surface area contributed by atoms with Crippen LogP contribution in [0.4, 0.5) is 0 Å². The highest BCUT2D eigenvalue weighted by Gasteiger charge is 2.22. The molecule has 2 aliphatic rings. The Bertz CT molecular complexity index is 177. The summed E-state index contributed by atoms with van der Waals surface area (Å²) in [6.45, 7) is 6.17. The predicted molar refractivity (Wildman–Crippen MR) is 65.1 cm³/mol. The van der Waals surface area contributed by atoms with Crippen LogP contribution in [0, 0.1) is 0 Å². The Morgan fingerprint density at radius 3 is 2.73 bits per heavy atom. The minimum atomic E-state index is 0.869.